The number of nitrogens with zero attached hydrogens (tertiary/aromatic N) is 2. The fraction of sp³-hybridized carbons (Fsp3) is 0.500. The predicted octanol–water partition coefficient (Wildman–Crippen LogP) is -0.609. The third-order valence-corrected chi connectivity index (χ3v) is 2.08. The lowest BCUT2D eigenvalue weighted by Gasteiger charge is -2.04. The number of H-pyrrole nitrogens is 1. The molecule has 9 heteroatoms. The van der Waals surface area contributed by atoms with E-state index in [-0.39, 0.29) is 13.2 Å². The molecular weight excluding hydrogens is 250 g/mol. The zero-order valence-corrected chi connectivity index (χ0v) is 9.68. The molecule has 0 radical (unpaired) electrons. The summed E-state index contributed by atoms with van der Waals surface area (Å²) in [4.78, 5) is 33.9. The van der Waals surface area contributed by atoms with Gasteiger partial charge in [0.25, 0.3) is 0 Å². The predicted molar refractivity (Wildman–Crippen MR) is 62.6 cm³/mol. The summed E-state index contributed by atoms with van der Waals surface area (Å²) in [6.07, 6.45) is 0.908. The van der Waals surface area contributed by atoms with E-state index in [9.17, 15) is 19.7 Å². The van der Waals surface area contributed by atoms with Crippen LogP contribution < -0.4 is 11.2 Å². The van der Waals surface area contributed by atoms with Crippen molar-refractivity contribution in [3.8, 4) is 0 Å². The number of nitrogens with one attached hydrogen (secondary N) is 1. The maximum absolute atomic E-state index is 11.3. The van der Waals surface area contributed by atoms with Crippen molar-refractivity contribution in [3.63, 3.8) is 0 Å². The first-order valence-electron chi connectivity index (χ1n) is 4.73. The Morgan fingerprint density at radius 3 is 2.76 bits per heavy atom. The van der Waals surface area contributed by atoms with Gasteiger partial charge < -0.3 is 4.74 Å². The minimum absolute atomic E-state index is 0.129. The molecule has 1 heterocycles. The van der Waals surface area contributed by atoms with Gasteiger partial charge in [-0.3, -0.25) is 24.5 Å². The molecule has 1 aromatic heterocycles. The SMILES string of the molecule is O=c1[nH]c(=O)n(CCOCCS)cc1[N+](=O)[O-]. The first-order chi connectivity index (χ1) is 8.06. The van der Waals surface area contributed by atoms with Crippen molar-refractivity contribution in [2.24, 2.45) is 0 Å². The molecule has 0 fully saturated rings. The van der Waals surface area contributed by atoms with Crippen LogP contribution in [0.3, 0.4) is 0 Å². The van der Waals surface area contributed by atoms with E-state index in [1.54, 1.807) is 0 Å². The number of aromatic amines is 1. The summed E-state index contributed by atoms with van der Waals surface area (Å²) in [5.74, 6) is 0.542. The average Bonchev–Trinajstić information content (AvgIpc) is 2.26. The second-order valence-electron chi connectivity index (χ2n) is 3.06. The van der Waals surface area contributed by atoms with E-state index in [1.165, 1.54) is 0 Å². The topological polar surface area (TPSA) is 107 Å². The molecule has 0 aliphatic rings. The monoisotopic (exact) mass is 261 g/mol. The highest BCUT2D eigenvalue weighted by molar-refractivity contribution is 7.80. The summed E-state index contributed by atoms with van der Waals surface area (Å²) in [5, 5.41) is 10.5. The van der Waals surface area contributed by atoms with Gasteiger partial charge in [-0.25, -0.2) is 4.79 Å². The number of hydrogen-bond donors (Lipinski definition) is 2. The highest BCUT2D eigenvalue weighted by Gasteiger charge is 2.14. The second-order valence-corrected chi connectivity index (χ2v) is 3.51. The Kier molecular flexibility index (Phi) is 4.91. The molecule has 17 heavy (non-hydrogen) atoms. The molecule has 1 rings (SSSR count). The van der Waals surface area contributed by atoms with Crippen molar-refractivity contribution in [1.82, 2.24) is 9.55 Å². The summed E-state index contributed by atoms with van der Waals surface area (Å²) in [7, 11) is 0. The molecule has 0 unspecified atom stereocenters. The minimum Gasteiger partial charge on any atom is -0.379 e. The number of thiol groups is 1. The van der Waals surface area contributed by atoms with Gasteiger partial charge in [0.2, 0.25) is 0 Å². The van der Waals surface area contributed by atoms with E-state index in [1.807, 2.05) is 4.98 Å². The van der Waals surface area contributed by atoms with E-state index < -0.39 is 21.9 Å². The molecule has 1 aromatic rings. The van der Waals surface area contributed by atoms with Crippen molar-refractivity contribution >= 4 is 18.3 Å². The number of nitro groups is 1. The van der Waals surface area contributed by atoms with Crippen LogP contribution in [0.15, 0.2) is 15.8 Å². The number of hydrogen-bond acceptors (Lipinski definition) is 6. The quantitative estimate of drug-likeness (QED) is 0.307. The molecule has 0 saturated carbocycles. The molecule has 0 spiro atoms. The molecule has 0 atom stereocenters. The van der Waals surface area contributed by atoms with Crippen molar-refractivity contribution in [3.05, 3.63) is 37.1 Å². The standard InChI is InChI=1S/C8H11N3O5S/c12-7-6(11(14)15)5-10(8(13)9-7)1-2-16-3-4-17/h5,17H,1-4H2,(H,9,12,13). The van der Waals surface area contributed by atoms with Gasteiger partial charge in [0.05, 0.1) is 30.9 Å². The van der Waals surface area contributed by atoms with Gasteiger partial charge in [-0.15, -0.1) is 0 Å². The van der Waals surface area contributed by atoms with Crippen molar-refractivity contribution in [1.29, 1.82) is 0 Å². The van der Waals surface area contributed by atoms with Gasteiger partial charge in [0.15, 0.2) is 0 Å². The van der Waals surface area contributed by atoms with Crippen LogP contribution in [0, 0.1) is 10.1 Å². The molecule has 1 N–H and O–H groups in total. The van der Waals surface area contributed by atoms with E-state index in [2.05, 4.69) is 12.6 Å². The Balaban J connectivity index is 2.85. The van der Waals surface area contributed by atoms with Gasteiger partial charge in [-0.05, 0) is 0 Å². The summed E-state index contributed by atoms with van der Waals surface area (Å²) in [6.45, 7) is 0.761. The number of aromatic nitrogens is 2. The Labute approximate surface area is 101 Å². The van der Waals surface area contributed by atoms with Gasteiger partial charge in [-0.2, -0.15) is 12.6 Å². The van der Waals surface area contributed by atoms with Crippen molar-refractivity contribution in [2.75, 3.05) is 19.0 Å². The molecular formula is C8H11N3O5S. The van der Waals surface area contributed by atoms with Gasteiger partial charge >= 0.3 is 16.9 Å². The normalized spacial score (nSPS) is 10.4. The molecule has 94 valence electrons. The van der Waals surface area contributed by atoms with Crippen LogP contribution in [0.1, 0.15) is 0 Å². The Hall–Kier alpha value is -1.61. The molecule has 0 aliphatic heterocycles. The van der Waals surface area contributed by atoms with E-state index in [0.717, 1.165) is 10.8 Å². The van der Waals surface area contributed by atoms with Crippen LogP contribution in [0.5, 0.6) is 0 Å². The molecule has 0 bridgehead atoms. The summed E-state index contributed by atoms with van der Waals surface area (Å²) >= 11 is 3.93. The Morgan fingerprint density at radius 2 is 2.18 bits per heavy atom. The zero-order chi connectivity index (χ0) is 12.8. The maximum Gasteiger partial charge on any atom is 0.350 e. The first-order valence-corrected chi connectivity index (χ1v) is 5.36. The summed E-state index contributed by atoms with van der Waals surface area (Å²) < 4.78 is 6.10. The third kappa shape index (κ3) is 3.71. The van der Waals surface area contributed by atoms with Crippen LogP contribution in [-0.2, 0) is 11.3 Å². The number of ether oxygens (including phenoxy) is 1. The number of rotatable bonds is 6. The van der Waals surface area contributed by atoms with Crippen molar-refractivity contribution < 1.29 is 9.66 Å². The van der Waals surface area contributed by atoms with E-state index in [4.69, 9.17) is 4.74 Å². The highest BCUT2D eigenvalue weighted by Crippen LogP contribution is 1.98. The van der Waals surface area contributed by atoms with Crippen LogP contribution in [0.4, 0.5) is 5.69 Å². The average molecular weight is 261 g/mol. The van der Waals surface area contributed by atoms with Crippen LogP contribution >= 0.6 is 12.6 Å². The molecule has 0 amide bonds. The fourth-order valence-electron chi connectivity index (χ4n) is 1.12. The second kappa shape index (κ2) is 6.21. The zero-order valence-electron chi connectivity index (χ0n) is 8.79. The molecule has 8 nitrogen and oxygen atoms in total. The van der Waals surface area contributed by atoms with Gasteiger partial charge in [0, 0.05) is 5.75 Å². The summed E-state index contributed by atoms with van der Waals surface area (Å²) in [6, 6.07) is 0. The third-order valence-electron chi connectivity index (χ3n) is 1.90. The van der Waals surface area contributed by atoms with Crippen molar-refractivity contribution in [2.45, 2.75) is 6.54 Å². The fourth-order valence-corrected chi connectivity index (χ4v) is 1.25. The largest absolute Gasteiger partial charge is 0.379 e. The molecule has 0 aliphatic carbocycles. The van der Waals surface area contributed by atoms with Crippen LogP contribution in [0.25, 0.3) is 0 Å². The summed E-state index contributed by atoms with van der Waals surface area (Å²) in [5.41, 5.74) is -2.37. The first kappa shape index (κ1) is 13.5. The lowest BCUT2D eigenvalue weighted by molar-refractivity contribution is -0.386. The lowest BCUT2D eigenvalue weighted by Crippen LogP contribution is -2.31. The minimum atomic E-state index is -1.01. The van der Waals surface area contributed by atoms with E-state index in [0.29, 0.717) is 12.4 Å². The Bertz CT molecular complexity index is 509. The highest BCUT2D eigenvalue weighted by atomic mass is 32.1. The van der Waals surface area contributed by atoms with Gasteiger partial charge in [-0.1, -0.05) is 0 Å². The van der Waals surface area contributed by atoms with Crippen LogP contribution in [-0.4, -0.2) is 33.4 Å². The Morgan fingerprint density at radius 1 is 1.47 bits per heavy atom. The maximum atomic E-state index is 11.3. The lowest BCUT2D eigenvalue weighted by atomic mass is 10.5. The van der Waals surface area contributed by atoms with E-state index >= 15 is 0 Å². The van der Waals surface area contributed by atoms with Gasteiger partial charge in [0.1, 0.15) is 0 Å². The smallest absolute Gasteiger partial charge is 0.350 e. The molecule has 0 saturated heterocycles. The molecule has 0 aromatic carbocycles. The van der Waals surface area contributed by atoms with Crippen LogP contribution in [0.2, 0.25) is 0 Å².